The van der Waals surface area contributed by atoms with Crippen LogP contribution >= 0.6 is 11.8 Å². The van der Waals surface area contributed by atoms with Crippen molar-refractivity contribution in [3.8, 4) is 11.5 Å². The Labute approximate surface area is 157 Å². The van der Waals surface area contributed by atoms with Gasteiger partial charge in [0, 0.05) is 17.9 Å². The largest absolute Gasteiger partial charge is 0.497 e. The molecule has 2 rings (SSSR count). The number of hydrogen-bond donors (Lipinski definition) is 2. The summed E-state index contributed by atoms with van der Waals surface area (Å²) in [4.78, 5) is 16.4. The number of aliphatic hydroxyl groups is 1. The minimum Gasteiger partial charge on any atom is -0.497 e. The average Bonchev–Trinajstić information content (AvgIpc) is 3.00. The normalized spacial score (nSPS) is 10.8. The maximum Gasteiger partial charge on any atom is 0.240 e. The molecule has 1 amide bonds. The second kappa shape index (κ2) is 9.49. The number of aliphatic hydroxyl groups excluding tert-OH is 1. The average molecular weight is 379 g/mol. The summed E-state index contributed by atoms with van der Waals surface area (Å²) < 4.78 is 12.3. The van der Waals surface area contributed by atoms with Gasteiger partial charge in [-0.05, 0) is 31.5 Å². The molecule has 0 bridgehead atoms. The zero-order valence-electron chi connectivity index (χ0n) is 15.5. The molecular weight excluding hydrogens is 354 g/mol. The highest BCUT2D eigenvalue weighted by Crippen LogP contribution is 2.28. The zero-order chi connectivity index (χ0) is 19.1. The summed E-state index contributed by atoms with van der Waals surface area (Å²) in [5.74, 6) is 1.95. The van der Waals surface area contributed by atoms with Crippen LogP contribution < -0.4 is 14.8 Å². The van der Waals surface area contributed by atoms with Gasteiger partial charge >= 0.3 is 0 Å². The minimum atomic E-state index is -0.171. The number of hydrogen-bond acceptors (Lipinski definition) is 6. The van der Waals surface area contributed by atoms with Gasteiger partial charge in [0.15, 0.2) is 5.16 Å². The fourth-order valence-electron chi connectivity index (χ4n) is 2.41. The number of rotatable bonds is 9. The SMILES string of the molecule is COc1cc(CSc2ncc(CO)n2CC(=O)NC(C)C)cc(OC)c1. The summed E-state index contributed by atoms with van der Waals surface area (Å²) in [6.45, 7) is 3.77. The van der Waals surface area contributed by atoms with Crippen LogP contribution in [0, 0.1) is 0 Å². The standard InChI is InChI=1S/C18H25N3O4S/c1-12(2)20-17(23)9-21-14(10-22)8-19-18(21)26-11-13-5-15(24-3)7-16(6-13)25-4/h5-8,12,22H,9-11H2,1-4H3,(H,20,23). The molecule has 0 aliphatic rings. The summed E-state index contributed by atoms with van der Waals surface area (Å²) in [6.07, 6.45) is 1.59. The number of benzene rings is 1. The second-order valence-corrected chi connectivity index (χ2v) is 6.95. The van der Waals surface area contributed by atoms with Gasteiger partial charge < -0.3 is 24.5 Å². The molecule has 0 saturated heterocycles. The van der Waals surface area contributed by atoms with Crippen LogP contribution in [-0.4, -0.2) is 40.8 Å². The Balaban J connectivity index is 2.14. The monoisotopic (exact) mass is 379 g/mol. The molecule has 2 aromatic rings. The third-order valence-corrected chi connectivity index (χ3v) is 4.66. The molecule has 1 heterocycles. The molecule has 7 nitrogen and oxygen atoms in total. The van der Waals surface area contributed by atoms with Gasteiger partial charge in [0.05, 0.1) is 32.7 Å². The van der Waals surface area contributed by atoms with E-state index in [9.17, 15) is 9.90 Å². The van der Waals surface area contributed by atoms with Crippen LogP contribution in [-0.2, 0) is 23.7 Å². The smallest absolute Gasteiger partial charge is 0.240 e. The number of amides is 1. The Morgan fingerprint density at radius 3 is 2.46 bits per heavy atom. The van der Waals surface area contributed by atoms with Crippen molar-refractivity contribution in [1.82, 2.24) is 14.9 Å². The first-order valence-electron chi connectivity index (χ1n) is 8.26. The van der Waals surface area contributed by atoms with Crippen LogP contribution in [0.25, 0.3) is 0 Å². The molecule has 0 radical (unpaired) electrons. The summed E-state index contributed by atoms with van der Waals surface area (Å²) in [5, 5.41) is 13.0. The Morgan fingerprint density at radius 1 is 1.27 bits per heavy atom. The summed E-state index contributed by atoms with van der Waals surface area (Å²) >= 11 is 1.49. The van der Waals surface area contributed by atoms with Gasteiger partial charge in [0.25, 0.3) is 0 Å². The topological polar surface area (TPSA) is 85.6 Å². The second-order valence-electron chi connectivity index (χ2n) is 6.01. The van der Waals surface area contributed by atoms with E-state index < -0.39 is 0 Å². The molecule has 0 spiro atoms. The molecule has 1 aromatic carbocycles. The Morgan fingerprint density at radius 2 is 1.92 bits per heavy atom. The van der Waals surface area contributed by atoms with Crippen molar-refractivity contribution in [2.75, 3.05) is 14.2 Å². The lowest BCUT2D eigenvalue weighted by molar-refractivity contribution is -0.122. The third kappa shape index (κ3) is 5.40. The Kier molecular flexibility index (Phi) is 7.35. The lowest BCUT2D eigenvalue weighted by Gasteiger charge is -2.13. The molecule has 1 aromatic heterocycles. The van der Waals surface area contributed by atoms with Gasteiger partial charge in [-0.1, -0.05) is 11.8 Å². The number of carbonyl (C=O) groups excluding carboxylic acids is 1. The van der Waals surface area contributed by atoms with Crippen molar-refractivity contribution in [2.24, 2.45) is 0 Å². The lowest BCUT2D eigenvalue weighted by Crippen LogP contribution is -2.33. The van der Waals surface area contributed by atoms with E-state index in [0.29, 0.717) is 16.6 Å². The van der Waals surface area contributed by atoms with Crippen LogP contribution in [0.4, 0.5) is 0 Å². The fraction of sp³-hybridized carbons (Fsp3) is 0.444. The number of aromatic nitrogens is 2. The van der Waals surface area contributed by atoms with Gasteiger partial charge in [-0.15, -0.1) is 0 Å². The summed E-state index contributed by atoms with van der Waals surface area (Å²) in [5.41, 5.74) is 1.62. The summed E-state index contributed by atoms with van der Waals surface area (Å²) in [6, 6.07) is 5.74. The molecule has 0 saturated carbocycles. The van der Waals surface area contributed by atoms with Crippen LogP contribution in [0.2, 0.25) is 0 Å². The van der Waals surface area contributed by atoms with Crippen molar-refractivity contribution in [3.05, 3.63) is 35.7 Å². The maximum atomic E-state index is 12.1. The van der Waals surface area contributed by atoms with E-state index in [0.717, 1.165) is 17.1 Å². The molecule has 0 unspecified atom stereocenters. The van der Waals surface area contributed by atoms with Crippen LogP contribution in [0.15, 0.2) is 29.6 Å². The summed E-state index contributed by atoms with van der Waals surface area (Å²) in [7, 11) is 3.22. The van der Waals surface area contributed by atoms with E-state index >= 15 is 0 Å². The number of methoxy groups -OCH3 is 2. The number of carbonyl (C=O) groups is 1. The van der Waals surface area contributed by atoms with Crippen molar-refractivity contribution < 1.29 is 19.4 Å². The van der Waals surface area contributed by atoms with Gasteiger partial charge in [-0.3, -0.25) is 4.79 Å². The number of ether oxygens (including phenoxy) is 2. The highest BCUT2D eigenvalue weighted by molar-refractivity contribution is 7.98. The van der Waals surface area contributed by atoms with Gasteiger partial charge in [-0.25, -0.2) is 4.98 Å². The van der Waals surface area contributed by atoms with Crippen LogP contribution in [0.1, 0.15) is 25.1 Å². The minimum absolute atomic E-state index is 0.0592. The van der Waals surface area contributed by atoms with E-state index in [4.69, 9.17) is 9.47 Å². The maximum absolute atomic E-state index is 12.1. The van der Waals surface area contributed by atoms with E-state index in [2.05, 4.69) is 10.3 Å². The fourth-order valence-corrected chi connectivity index (χ4v) is 3.34. The van der Waals surface area contributed by atoms with Gasteiger partial charge in [0.2, 0.25) is 5.91 Å². The molecule has 142 valence electrons. The van der Waals surface area contributed by atoms with E-state index in [1.165, 1.54) is 11.8 Å². The van der Waals surface area contributed by atoms with Gasteiger partial charge in [-0.2, -0.15) is 0 Å². The Bertz CT molecular complexity index is 724. The number of imidazole rings is 1. The van der Waals surface area contributed by atoms with Crippen molar-refractivity contribution >= 4 is 17.7 Å². The van der Waals surface area contributed by atoms with Crippen molar-refractivity contribution in [1.29, 1.82) is 0 Å². The van der Waals surface area contributed by atoms with Gasteiger partial charge in [0.1, 0.15) is 18.0 Å². The molecule has 0 atom stereocenters. The first-order chi connectivity index (χ1) is 12.5. The molecular formula is C18H25N3O4S. The molecule has 0 fully saturated rings. The lowest BCUT2D eigenvalue weighted by atomic mass is 10.2. The predicted octanol–water partition coefficient (Wildman–Crippen LogP) is 2.21. The van der Waals surface area contributed by atoms with Crippen LogP contribution in [0.5, 0.6) is 11.5 Å². The number of nitrogens with zero attached hydrogens (tertiary/aromatic N) is 2. The van der Waals surface area contributed by atoms with Crippen molar-refractivity contribution in [3.63, 3.8) is 0 Å². The highest BCUT2D eigenvalue weighted by Gasteiger charge is 2.14. The molecule has 2 N–H and O–H groups in total. The van der Waals surface area contributed by atoms with Crippen LogP contribution in [0.3, 0.4) is 0 Å². The van der Waals surface area contributed by atoms with E-state index in [-0.39, 0.29) is 25.1 Å². The molecule has 0 aliphatic heterocycles. The Hall–Kier alpha value is -2.19. The van der Waals surface area contributed by atoms with E-state index in [1.807, 2.05) is 32.0 Å². The molecule has 0 aliphatic carbocycles. The first kappa shape index (κ1) is 20.1. The highest BCUT2D eigenvalue weighted by atomic mass is 32.2. The molecule has 26 heavy (non-hydrogen) atoms. The van der Waals surface area contributed by atoms with E-state index in [1.54, 1.807) is 25.0 Å². The number of nitrogens with one attached hydrogen (secondary N) is 1. The first-order valence-corrected chi connectivity index (χ1v) is 9.24. The predicted molar refractivity (Wildman–Crippen MR) is 101 cm³/mol. The number of thioether (sulfide) groups is 1. The third-order valence-electron chi connectivity index (χ3n) is 3.59. The zero-order valence-corrected chi connectivity index (χ0v) is 16.3. The molecule has 8 heteroatoms. The van der Waals surface area contributed by atoms with Crippen molar-refractivity contribution in [2.45, 2.75) is 44.0 Å². The quantitative estimate of drug-likeness (QED) is 0.650.